The Hall–Kier alpha value is -0.830. The molecule has 0 aliphatic rings. The predicted octanol–water partition coefficient (Wildman–Crippen LogP) is 2.60. The van der Waals surface area contributed by atoms with E-state index in [0.29, 0.717) is 0 Å². The molecule has 0 aliphatic heterocycles. The molecule has 0 saturated carbocycles. The van der Waals surface area contributed by atoms with Crippen LogP contribution in [-0.4, -0.2) is 16.1 Å². The second kappa shape index (κ2) is 4.13. The van der Waals surface area contributed by atoms with Crippen LogP contribution in [0.5, 0.6) is 5.75 Å². The van der Waals surface area contributed by atoms with Gasteiger partial charge in [0.25, 0.3) is 0 Å². The number of hydrogen-bond donors (Lipinski definition) is 0. The molecule has 0 aliphatic carbocycles. The summed E-state index contributed by atoms with van der Waals surface area (Å²) in [6.07, 6.45) is 0. The highest BCUT2D eigenvalue weighted by Gasteiger charge is 2.20. The summed E-state index contributed by atoms with van der Waals surface area (Å²) in [5.41, 5.74) is 0. The molecule has 1 unspecified atom stereocenters. The summed E-state index contributed by atoms with van der Waals surface area (Å²) in [6.45, 7) is 5.90. The van der Waals surface area contributed by atoms with Gasteiger partial charge >= 0.3 is 0 Å². The highest BCUT2D eigenvalue weighted by atomic mass is 32.2. The number of methoxy groups -OCH3 is 1. The minimum Gasteiger partial charge on any atom is -0.497 e. The highest BCUT2D eigenvalue weighted by Crippen LogP contribution is 2.22. The maximum Gasteiger partial charge on any atom is 0.118 e. The molecule has 3 heteroatoms. The van der Waals surface area contributed by atoms with E-state index in [1.807, 2.05) is 45.0 Å². The Morgan fingerprint density at radius 2 is 1.64 bits per heavy atom. The Morgan fingerprint density at radius 3 is 2.00 bits per heavy atom. The van der Waals surface area contributed by atoms with Crippen molar-refractivity contribution in [1.29, 1.82) is 0 Å². The Kier molecular flexibility index (Phi) is 3.32. The van der Waals surface area contributed by atoms with Gasteiger partial charge in [-0.25, -0.2) is 0 Å². The minimum absolute atomic E-state index is 0.214. The number of ether oxygens (including phenoxy) is 1. The standard InChI is InChI=1S/C11H16O2S/c1-11(2,3)14(12)10-7-5-9(13-4)6-8-10/h5-8H,1-4H3. The molecule has 0 bridgehead atoms. The van der Waals surface area contributed by atoms with E-state index in [1.165, 1.54) is 0 Å². The number of rotatable bonds is 2. The summed E-state index contributed by atoms with van der Waals surface area (Å²) in [4.78, 5) is 0.846. The molecular weight excluding hydrogens is 196 g/mol. The first-order valence-electron chi connectivity index (χ1n) is 4.51. The van der Waals surface area contributed by atoms with Crippen LogP contribution in [0.15, 0.2) is 29.2 Å². The number of hydrogen-bond acceptors (Lipinski definition) is 2. The normalized spacial score (nSPS) is 13.7. The maximum atomic E-state index is 11.9. The summed E-state index contributed by atoms with van der Waals surface area (Å²) < 4.78 is 16.8. The molecule has 1 atom stereocenters. The van der Waals surface area contributed by atoms with Gasteiger partial charge in [-0.3, -0.25) is 4.21 Å². The van der Waals surface area contributed by atoms with Crippen LogP contribution in [0, 0.1) is 0 Å². The highest BCUT2D eigenvalue weighted by molar-refractivity contribution is 7.86. The van der Waals surface area contributed by atoms with Gasteiger partial charge < -0.3 is 4.74 Å². The maximum absolute atomic E-state index is 11.9. The predicted molar refractivity (Wildman–Crippen MR) is 59.2 cm³/mol. The third kappa shape index (κ3) is 2.58. The van der Waals surface area contributed by atoms with Crippen LogP contribution in [0.25, 0.3) is 0 Å². The molecule has 0 radical (unpaired) electrons. The second-order valence-corrected chi connectivity index (χ2v) is 6.29. The van der Waals surface area contributed by atoms with Gasteiger partial charge in [0.05, 0.1) is 17.9 Å². The van der Waals surface area contributed by atoms with Crippen LogP contribution in [-0.2, 0) is 10.8 Å². The molecular formula is C11H16O2S. The monoisotopic (exact) mass is 212 g/mol. The fraction of sp³-hybridized carbons (Fsp3) is 0.455. The Balaban J connectivity index is 2.93. The van der Waals surface area contributed by atoms with Gasteiger partial charge in [0.15, 0.2) is 0 Å². The van der Waals surface area contributed by atoms with Crippen molar-refractivity contribution in [2.24, 2.45) is 0 Å². The molecule has 0 N–H and O–H groups in total. The van der Waals surface area contributed by atoms with E-state index in [1.54, 1.807) is 7.11 Å². The molecule has 2 nitrogen and oxygen atoms in total. The van der Waals surface area contributed by atoms with Gasteiger partial charge in [-0.15, -0.1) is 0 Å². The van der Waals surface area contributed by atoms with Gasteiger partial charge in [0.1, 0.15) is 5.75 Å². The first-order chi connectivity index (χ1) is 6.45. The lowest BCUT2D eigenvalue weighted by Crippen LogP contribution is -2.21. The minimum atomic E-state index is -0.967. The van der Waals surface area contributed by atoms with Crippen molar-refractivity contribution in [1.82, 2.24) is 0 Å². The van der Waals surface area contributed by atoms with Crippen molar-refractivity contribution < 1.29 is 8.95 Å². The topological polar surface area (TPSA) is 26.3 Å². The van der Waals surface area contributed by atoms with Gasteiger partial charge in [0, 0.05) is 9.64 Å². The van der Waals surface area contributed by atoms with Crippen molar-refractivity contribution in [3.05, 3.63) is 24.3 Å². The van der Waals surface area contributed by atoms with Crippen molar-refractivity contribution in [2.45, 2.75) is 30.4 Å². The van der Waals surface area contributed by atoms with E-state index >= 15 is 0 Å². The zero-order chi connectivity index (χ0) is 10.8. The van der Waals surface area contributed by atoms with Crippen molar-refractivity contribution >= 4 is 10.8 Å². The van der Waals surface area contributed by atoms with Crippen LogP contribution in [0.2, 0.25) is 0 Å². The summed E-state index contributed by atoms with van der Waals surface area (Å²) in [5, 5.41) is 0. The summed E-state index contributed by atoms with van der Waals surface area (Å²) >= 11 is 0. The van der Waals surface area contributed by atoms with Crippen LogP contribution in [0.4, 0.5) is 0 Å². The van der Waals surface area contributed by atoms with E-state index in [-0.39, 0.29) is 4.75 Å². The lowest BCUT2D eigenvalue weighted by molar-refractivity contribution is 0.414. The molecule has 14 heavy (non-hydrogen) atoms. The summed E-state index contributed by atoms with van der Waals surface area (Å²) in [6, 6.07) is 7.36. The Labute approximate surface area is 87.7 Å². The van der Waals surface area contributed by atoms with Gasteiger partial charge in [-0.05, 0) is 45.0 Å². The van der Waals surface area contributed by atoms with Gasteiger partial charge in [-0.2, -0.15) is 0 Å². The average Bonchev–Trinajstić information content (AvgIpc) is 2.15. The second-order valence-electron chi connectivity index (χ2n) is 4.06. The Bertz CT molecular complexity index is 322. The van der Waals surface area contributed by atoms with Gasteiger partial charge in [-0.1, -0.05) is 0 Å². The van der Waals surface area contributed by atoms with Crippen molar-refractivity contribution in [3.63, 3.8) is 0 Å². The van der Waals surface area contributed by atoms with Crippen molar-refractivity contribution in [2.75, 3.05) is 7.11 Å². The van der Waals surface area contributed by atoms with E-state index in [2.05, 4.69) is 0 Å². The fourth-order valence-corrected chi connectivity index (χ4v) is 2.14. The quantitative estimate of drug-likeness (QED) is 0.753. The summed E-state index contributed by atoms with van der Waals surface area (Å²) in [7, 11) is 0.654. The average molecular weight is 212 g/mol. The molecule has 0 fully saturated rings. The third-order valence-electron chi connectivity index (χ3n) is 1.83. The van der Waals surface area contributed by atoms with Crippen LogP contribution < -0.4 is 4.74 Å². The van der Waals surface area contributed by atoms with Crippen molar-refractivity contribution in [3.8, 4) is 5.75 Å². The Morgan fingerprint density at radius 1 is 1.14 bits per heavy atom. The van der Waals surface area contributed by atoms with E-state index in [4.69, 9.17) is 4.74 Å². The third-order valence-corrected chi connectivity index (χ3v) is 3.64. The van der Waals surface area contributed by atoms with Crippen LogP contribution in [0.1, 0.15) is 20.8 Å². The zero-order valence-corrected chi connectivity index (χ0v) is 9.85. The SMILES string of the molecule is COc1ccc(S(=O)C(C)(C)C)cc1. The van der Waals surface area contributed by atoms with Crippen LogP contribution in [0.3, 0.4) is 0 Å². The molecule has 0 saturated heterocycles. The molecule has 0 aromatic heterocycles. The van der Waals surface area contributed by atoms with E-state index < -0.39 is 10.8 Å². The fourth-order valence-electron chi connectivity index (χ4n) is 1.05. The largest absolute Gasteiger partial charge is 0.497 e. The van der Waals surface area contributed by atoms with Gasteiger partial charge in [0.2, 0.25) is 0 Å². The molecule has 1 aromatic carbocycles. The lowest BCUT2D eigenvalue weighted by atomic mass is 10.3. The first kappa shape index (κ1) is 11.2. The molecule has 0 heterocycles. The molecule has 1 rings (SSSR count). The molecule has 1 aromatic rings. The van der Waals surface area contributed by atoms with E-state index in [9.17, 15) is 4.21 Å². The van der Waals surface area contributed by atoms with E-state index in [0.717, 1.165) is 10.6 Å². The molecule has 78 valence electrons. The number of benzene rings is 1. The lowest BCUT2D eigenvalue weighted by Gasteiger charge is -2.17. The smallest absolute Gasteiger partial charge is 0.118 e. The van der Waals surface area contributed by atoms with Crippen LogP contribution >= 0.6 is 0 Å². The zero-order valence-electron chi connectivity index (χ0n) is 9.03. The molecule has 0 spiro atoms. The molecule has 0 amide bonds. The summed E-state index contributed by atoms with van der Waals surface area (Å²) in [5.74, 6) is 0.791. The first-order valence-corrected chi connectivity index (χ1v) is 5.66.